The van der Waals surface area contributed by atoms with Gasteiger partial charge in [0.15, 0.2) is 0 Å². The van der Waals surface area contributed by atoms with Crippen molar-refractivity contribution in [2.45, 2.75) is 0 Å². The van der Waals surface area contributed by atoms with Gasteiger partial charge in [-0.1, -0.05) is 65.7 Å². The molecule has 0 saturated heterocycles. The number of anilines is 4. The highest BCUT2D eigenvalue weighted by atomic mass is 31.1. The van der Waals surface area contributed by atoms with Crippen molar-refractivity contribution in [2.24, 2.45) is 0 Å². The van der Waals surface area contributed by atoms with Gasteiger partial charge in [0.05, 0.1) is 14.2 Å². The summed E-state index contributed by atoms with van der Waals surface area (Å²) in [4.78, 5) is 8.53. The highest BCUT2D eigenvalue weighted by Crippen LogP contribution is 2.43. The Labute approximate surface area is 325 Å². The first-order valence-corrected chi connectivity index (χ1v) is 20.0. The lowest BCUT2D eigenvalue weighted by Gasteiger charge is -2.23. The molecule has 0 fully saturated rings. The molecule has 2 atom stereocenters. The summed E-state index contributed by atoms with van der Waals surface area (Å²) in [6.07, 6.45) is 0. The van der Waals surface area contributed by atoms with Gasteiger partial charge in [0.1, 0.15) is 11.5 Å². The third kappa shape index (κ3) is 8.68. The van der Waals surface area contributed by atoms with Crippen molar-refractivity contribution in [3.8, 4) is 44.9 Å². The zero-order chi connectivity index (χ0) is 38.5. The van der Waals surface area contributed by atoms with Gasteiger partial charge in [0.25, 0.3) is 0 Å². The van der Waals surface area contributed by atoms with E-state index in [1.54, 1.807) is 14.2 Å². The second-order valence-electron chi connectivity index (χ2n) is 14.2. The van der Waals surface area contributed by atoms with Gasteiger partial charge in [0.2, 0.25) is 0 Å². The predicted octanol–water partition coefficient (Wildman–Crippen LogP) is 8.23. The summed E-state index contributed by atoms with van der Waals surface area (Å²) in [6.45, 7) is 0. The van der Waals surface area contributed by atoms with E-state index in [0.29, 0.717) is 17.2 Å². The van der Waals surface area contributed by atoms with Crippen LogP contribution >= 0.6 is 17.2 Å². The Morgan fingerprint density at radius 3 is 0.889 bits per heavy atom. The summed E-state index contributed by atoms with van der Waals surface area (Å²) in [7, 11) is 20.9. The van der Waals surface area contributed by atoms with Crippen molar-refractivity contribution < 1.29 is 9.47 Å². The van der Waals surface area contributed by atoms with Gasteiger partial charge in [-0.2, -0.15) is 0 Å². The molecule has 0 spiro atoms. The number of hydrogen-bond donors (Lipinski definition) is 0. The molecular weight excluding hydrogens is 702 g/mol. The van der Waals surface area contributed by atoms with Gasteiger partial charge < -0.3 is 29.1 Å². The molecule has 0 N–H and O–H groups in total. The lowest BCUT2D eigenvalue weighted by molar-refractivity contribution is 0.411. The Morgan fingerprint density at radius 2 is 0.630 bits per heavy atom. The predicted molar refractivity (Wildman–Crippen MR) is 241 cm³/mol. The Hall–Kier alpha value is -5.02. The minimum absolute atomic E-state index is 0.379. The molecule has 6 aromatic rings. The van der Waals surface area contributed by atoms with Crippen molar-refractivity contribution in [2.75, 3.05) is 90.2 Å². The van der Waals surface area contributed by atoms with Crippen LogP contribution in [0.1, 0.15) is 0 Å². The van der Waals surface area contributed by atoms with E-state index in [0.717, 1.165) is 56.3 Å². The summed E-state index contributed by atoms with van der Waals surface area (Å²) in [5.74, 6) is 1.65. The van der Waals surface area contributed by atoms with Crippen molar-refractivity contribution in [1.82, 2.24) is 0 Å². The number of benzene rings is 6. The van der Waals surface area contributed by atoms with Crippen LogP contribution in [0.25, 0.3) is 33.4 Å². The highest BCUT2D eigenvalue weighted by molar-refractivity contribution is 7.56. The standard InChI is InChI=1S/C46H52N4O2P2/c1-47(2)35-15-11-31(12-16-35)33-27-41(51-9)45(43(29-33)53-39-23-19-37(20-24-39)49(5)6)46-42(52-10)28-34(32-13-17-36(18-14-32)48(3)4)30-44(46)54-40-25-21-38(22-26-40)50(7)8/h11-30,53-54H,1-10H3. The molecular formula is C46H52N4O2P2. The minimum atomic E-state index is 0.379. The maximum Gasteiger partial charge on any atom is 0.128 e. The maximum absolute atomic E-state index is 6.38. The number of methoxy groups -OCH3 is 2. The van der Waals surface area contributed by atoms with Crippen LogP contribution in [-0.2, 0) is 0 Å². The molecule has 0 heterocycles. The molecule has 0 radical (unpaired) electrons. The summed E-state index contributed by atoms with van der Waals surface area (Å²) < 4.78 is 12.8. The second-order valence-corrected chi connectivity index (χ2v) is 16.9. The van der Waals surface area contributed by atoms with E-state index in [9.17, 15) is 0 Å². The largest absolute Gasteiger partial charge is 0.496 e. The Bertz CT molecular complexity index is 2020. The van der Waals surface area contributed by atoms with Crippen molar-refractivity contribution in [1.29, 1.82) is 0 Å². The molecule has 0 bridgehead atoms. The van der Waals surface area contributed by atoms with Crippen molar-refractivity contribution >= 4 is 61.1 Å². The van der Waals surface area contributed by atoms with Gasteiger partial charge in [0, 0.05) is 90.3 Å². The van der Waals surface area contributed by atoms with E-state index in [1.807, 2.05) is 0 Å². The third-order valence-electron chi connectivity index (χ3n) is 9.65. The third-order valence-corrected chi connectivity index (χ3v) is 12.2. The lowest BCUT2D eigenvalue weighted by atomic mass is 9.95. The SMILES string of the molecule is COc1cc(-c2ccc(N(C)C)cc2)cc(Pc2ccc(N(C)C)cc2)c1-c1c(OC)cc(-c2ccc(N(C)C)cc2)cc1Pc1ccc(N(C)C)cc1. The zero-order valence-electron chi connectivity index (χ0n) is 33.2. The van der Waals surface area contributed by atoms with Gasteiger partial charge in [-0.15, -0.1) is 0 Å². The summed E-state index contributed by atoms with van der Waals surface area (Å²) >= 11 is 0. The average Bonchev–Trinajstić information content (AvgIpc) is 3.18. The van der Waals surface area contributed by atoms with E-state index in [-0.39, 0.29) is 0 Å². The monoisotopic (exact) mass is 754 g/mol. The van der Waals surface area contributed by atoms with Crippen LogP contribution in [-0.4, -0.2) is 70.6 Å². The summed E-state index contributed by atoms with van der Waals surface area (Å²) in [5, 5.41) is 4.91. The Morgan fingerprint density at radius 1 is 0.352 bits per heavy atom. The van der Waals surface area contributed by atoms with E-state index >= 15 is 0 Å². The van der Waals surface area contributed by atoms with Gasteiger partial charge in [-0.25, -0.2) is 0 Å². The fraction of sp³-hybridized carbons (Fsp3) is 0.217. The topological polar surface area (TPSA) is 31.4 Å². The average molecular weight is 755 g/mol. The van der Waals surface area contributed by atoms with Crippen LogP contribution in [0.2, 0.25) is 0 Å². The van der Waals surface area contributed by atoms with Crippen LogP contribution in [0, 0.1) is 0 Å². The first-order valence-electron chi connectivity index (χ1n) is 18.0. The zero-order valence-corrected chi connectivity index (χ0v) is 35.2. The maximum atomic E-state index is 6.38. The summed E-state index contributed by atoms with van der Waals surface area (Å²) in [5.41, 5.74) is 11.3. The molecule has 54 heavy (non-hydrogen) atoms. The normalized spacial score (nSPS) is 11.4. The Balaban J connectivity index is 1.59. The quantitative estimate of drug-likeness (QED) is 0.111. The molecule has 6 aromatic carbocycles. The van der Waals surface area contributed by atoms with E-state index in [2.05, 4.69) is 197 Å². The van der Waals surface area contributed by atoms with Crippen LogP contribution < -0.4 is 50.3 Å². The van der Waals surface area contributed by atoms with E-state index in [4.69, 9.17) is 9.47 Å². The number of nitrogens with zero attached hydrogens (tertiary/aromatic N) is 4. The van der Waals surface area contributed by atoms with Crippen LogP contribution in [0.15, 0.2) is 121 Å². The fourth-order valence-corrected chi connectivity index (χ4v) is 8.99. The minimum Gasteiger partial charge on any atom is -0.496 e. The lowest BCUT2D eigenvalue weighted by Crippen LogP contribution is -2.16. The van der Waals surface area contributed by atoms with Gasteiger partial charge >= 0.3 is 0 Å². The summed E-state index contributed by atoms with van der Waals surface area (Å²) in [6, 6.07) is 44.3. The molecule has 2 unspecified atom stereocenters. The molecule has 0 aromatic heterocycles. The molecule has 0 aliphatic rings. The number of hydrogen-bond acceptors (Lipinski definition) is 6. The second kappa shape index (κ2) is 17.0. The first-order chi connectivity index (χ1) is 25.9. The van der Waals surface area contributed by atoms with Crippen molar-refractivity contribution in [3.05, 3.63) is 121 Å². The van der Waals surface area contributed by atoms with Gasteiger partial charge in [-0.05, 0) is 116 Å². The van der Waals surface area contributed by atoms with Crippen LogP contribution in [0.4, 0.5) is 22.7 Å². The molecule has 278 valence electrons. The molecule has 8 heteroatoms. The Kier molecular flexibility index (Phi) is 12.2. The molecule has 6 rings (SSSR count). The molecule has 0 aliphatic heterocycles. The molecule has 0 aliphatic carbocycles. The number of rotatable bonds is 13. The van der Waals surface area contributed by atoms with E-state index < -0.39 is 0 Å². The van der Waals surface area contributed by atoms with Gasteiger partial charge in [-0.3, -0.25) is 0 Å². The molecule has 0 amide bonds. The molecule has 0 saturated carbocycles. The van der Waals surface area contributed by atoms with Crippen LogP contribution in [0.3, 0.4) is 0 Å². The van der Waals surface area contributed by atoms with E-state index in [1.165, 1.54) is 32.6 Å². The van der Waals surface area contributed by atoms with Crippen LogP contribution in [0.5, 0.6) is 11.5 Å². The fourth-order valence-electron chi connectivity index (χ4n) is 6.50. The highest BCUT2D eigenvalue weighted by Gasteiger charge is 2.24. The number of ether oxygens (including phenoxy) is 2. The molecule has 6 nitrogen and oxygen atoms in total. The smallest absolute Gasteiger partial charge is 0.128 e. The van der Waals surface area contributed by atoms with Crippen molar-refractivity contribution in [3.63, 3.8) is 0 Å². The first kappa shape index (κ1) is 38.7.